The molecule has 1 aliphatic rings. The van der Waals surface area contributed by atoms with E-state index in [-0.39, 0.29) is 0 Å². The molecular weight excluding hydrogens is 220 g/mol. The van der Waals surface area contributed by atoms with Gasteiger partial charge in [-0.25, -0.2) is 0 Å². The van der Waals surface area contributed by atoms with Gasteiger partial charge in [0.15, 0.2) is 5.75 Å². The maximum absolute atomic E-state index is 5.12. The van der Waals surface area contributed by atoms with E-state index in [4.69, 9.17) is 9.22 Å². The van der Waals surface area contributed by atoms with Crippen LogP contribution < -0.4 is 4.89 Å². The van der Waals surface area contributed by atoms with Gasteiger partial charge in [-0.05, 0) is 24.5 Å². The molecule has 0 saturated carbocycles. The predicted octanol–water partition coefficient (Wildman–Crippen LogP) is 3.78. The van der Waals surface area contributed by atoms with Gasteiger partial charge in [-0.2, -0.15) is 0 Å². The summed E-state index contributed by atoms with van der Waals surface area (Å²) < 4.78 is 5.08. The number of hydrogen-bond acceptors (Lipinski definition) is 3. The summed E-state index contributed by atoms with van der Waals surface area (Å²) >= 11 is 1.35. The standard InChI is InChI=1S/C13H14O2S/c1-3-7-12(8-4-1)11-16-15-14-13-9-5-2-6-10-13/h1-7,9-10,12H,8,11H2. The Balaban J connectivity index is 1.62. The number of rotatable bonds is 5. The van der Waals surface area contributed by atoms with Crippen molar-refractivity contribution in [3.63, 3.8) is 0 Å². The van der Waals surface area contributed by atoms with E-state index in [1.54, 1.807) is 0 Å². The van der Waals surface area contributed by atoms with Crippen molar-refractivity contribution in [1.82, 2.24) is 0 Å². The molecule has 1 aliphatic carbocycles. The first-order chi connectivity index (χ1) is 7.95. The third-order valence-electron chi connectivity index (χ3n) is 2.27. The maximum Gasteiger partial charge on any atom is 0.166 e. The van der Waals surface area contributed by atoms with Crippen LogP contribution in [0.5, 0.6) is 5.75 Å². The fraction of sp³-hybridized carbons (Fsp3) is 0.231. The summed E-state index contributed by atoms with van der Waals surface area (Å²) in [6.07, 6.45) is 9.59. The van der Waals surface area contributed by atoms with Crippen LogP contribution in [-0.2, 0) is 4.33 Å². The van der Waals surface area contributed by atoms with Crippen LogP contribution in [-0.4, -0.2) is 5.75 Å². The molecule has 0 heterocycles. The van der Waals surface area contributed by atoms with E-state index in [2.05, 4.69) is 24.3 Å². The Morgan fingerprint density at radius 2 is 2.06 bits per heavy atom. The summed E-state index contributed by atoms with van der Waals surface area (Å²) in [6.45, 7) is 0. The van der Waals surface area contributed by atoms with Crippen molar-refractivity contribution in [3.8, 4) is 5.75 Å². The molecule has 0 radical (unpaired) electrons. The highest BCUT2D eigenvalue weighted by molar-refractivity contribution is 7.94. The van der Waals surface area contributed by atoms with Crippen LogP contribution in [0.3, 0.4) is 0 Å². The van der Waals surface area contributed by atoms with Crippen molar-refractivity contribution in [3.05, 3.63) is 54.6 Å². The summed E-state index contributed by atoms with van der Waals surface area (Å²) in [5.41, 5.74) is 0. The van der Waals surface area contributed by atoms with Gasteiger partial charge in [0, 0.05) is 17.8 Å². The molecule has 0 spiro atoms. The van der Waals surface area contributed by atoms with Crippen LogP contribution in [0.15, 0.2) is 54.6 Å². The Kier molecular flexibility index (Phi) is 4.52. The summed E-state index contributed by atoms with van der Waals surface area (Å²) in [6, 6.07) is 9.50. The van der Waals surface area contributed by atoms with Gasteiger partial charge < -0.3 is 4.89 Å². The average Bonchev–Trinajstić information content (AvgIpc) is 2.37. The van der Waals surface area contributed by atoms with Gasteiger partial charge in [0.25, 0.3) is 0 Å². The van der Waals surface area contributed by atoms with E-state index in [0.29, 0.717) is 5.92 Å². The lowest BCUT2D eigenvalue weighted by Gasteiger charge is -2.11. The molecule has 0 bridgehead atoms. The molecule has 84 valence electrons. The van der Waals surface area contributed by atoms with Crippen LogP contribution in [0, 0.1) is 5.92 Å². The second kappa shape index (κ2) is 6.40. The predicted molar refractivity (Wildman–Crippen MR) is 67.0 cm³/mol. The molecular formula is C13H14O2S. The third-order valence-corrected chi connectivity index (χ3v) is 3.00. The van der Waals surface area contributed by atoms with Gasteiger partial charge in [0.2, 0.25) is 0 Å². The van der Waals surface area contributed by atoms with Crippen molar-refractivity contribution < 1.29 is 9.22 Å². The largest absolute Gasteiger partial charge is 0.325 e. The van der Waals surface area contributed by atoms with E-state index in [1.807, 2.05) is 30.3 Å². The van der Waals surface area contributed by atoms with Crippen molar-refractivity contribution in [2.24, 2.45) is 5.92 Å². The lowest BCUT2D eigenvalue weighted by Crippen LogP contribution is -2.02. The molecule has 0 saturated heterocycles. The minimum Gasteiger partial charge on any atom is -0.325 e. The number of para-hydroxylation sites is 1. The number of benzene rings is 1. The van der Waals surface area contributed by atoms with Gasteiger partial charge in [-0.15, -0.1) is 4.33 Å². The second-order valence-electron chi connectivity index (χ2n) is 3.56. The second-order valence-corrected chi connectivity index (χ2v) is 4.26. The molecule has 1 aromatic rings. The Morgan fingerprint density at radius 1 is 1.19 bits per heavy atom. The Morgan fingerprint density at radius 3 is 2.81 bits per heavy atom. The highest BCUT2D eigenvalue weighted by atomic mass is 32.2. The molecule has 3 heteroatoms. The van der Waals surface area contributed by atoms with E-state index < -0.39 is 0 Å². The van der Waals surface area contributed by atoms with Crippen molar-refractivity contribution in [2.75, 3.05) is 5.75 Å². The zero-order valence-electron chi connectivity index (χ0n) is 8.91. The Labute approximate surface area is 100 Å². The average molecular weight is 234 g/mol. The topological polar surface area (TPSA) is 18.5 Å². The summed E-state index contributed by atoms with van der Waals surface area (Å²) in [5, 5.41) is 0. The lowest BCUT2D eigenvalue weighted by molar-refractivity contribution is -0.0778. The van der Waals surface area contributed by atoms with Crippen LogP contribution >= 0.6 is 12.0 Å². The maximum atomic E-state index is 5.12. The van der Waals surface area contributed by atoms with Crippen LogP contribution in [0.4, 0.5) is 0 Å². The number of allylic oxidation sites excluding steroid dienone is 4. The molecule has 0 amide bonds. The molecule has 2 rings (SSSR count). The SMILES string of the molecule is C1=CCC(CSOOc2ccccc2)C=C1. The smallest absolute Gasteiger partial charge is 0.166 e. The molecule has 16 heavy (non-hydrogen) atoms. The number of hydrogen-bond donors (Lipinski definition) is 0. The Bertz CT molecular complexity index is 359. The summed E-state index contributed by atoms with van der Waals surface area (Å²) in [5.74, 6) is 2.19. The van der Waals surface area contributed by atoms with E-state index in [9.17, 15) is 0 Å². The zero-order chi connectivity index (χ0) is 11.1. The molecule has 1 aromatic carbocycles. The van der Waals surface area contributed by atoms with Gasteiger partial charge in [-0.3, -0.25) is 0 Å². The first-order valence-electron chi connectivity index (χ1n) is 5.29. The Hall–Kier alpha value is -1.19. The quantitative estimate of drug-likeness (QED) is 0.334. The monoisotopic (exact) mass is 234 g/mol. The minimum absolute atomic E-state index is 0.550. The zero-order valence-corrected chi connectivity index (χ0v) is 9.73. The molecule has 0 aliphatic heterocycles. The van der Waals surface area contributed by atoms with Crippen LogP contribution in [0.1, 0.15) is 6.42 Å². The van der Waals surface area contributed by atoms with Crippen LogP contribution in [0.2, 0.25) is 0 Å². The molecule has 0 aromatic heterocycles. The first kappa shape index (κ1) is 11.3. The molecule has 1 atom stereocenters. The van der Waals surface area contributed by atoms with E-state index in [1.165, 1.54) is 12.0 Å². The van der Waals surface area contributed by atoms with E-state index >= 15 is 0 Å². The van der Waals surface area contributed by atoms with E-state index in [0.717, 1.165) is 17.9 Å². The highest BCUT2D eigenvalue weighted by Gasteiger charge is 2.06. The first-order valence-corrected chi connectivity index (χ1v) is 6.21. The molecule has 1 unspecified atom stereocenters. The van der Waals surface area contributed by atoms with Gasteiger partial charge in [-0.1, -0.05) is 42.5 Å². The molecule has 2 nitrogen and oxygen atoms in total. The van der Waals surface area contributed by atoms with Gasteiger partial charge in [0.05, 0.1) is 0 Å². The van der Waals surface area contributed by atoms with Gasteiger partial charge >= 0.3 is 0 Å². The minimum atomic E-state index is 0.550. The van der Waals surface area contributed by atoms with Crippen molar-refractivity contribution in [1.29, 1.82) is 0 Å². The fourth-order valence-corrected chi connectivity index (χ4v) is 2.01. The lowest BCUT2D eigenvalue weighted by atomic mass is 10.0. The van der Waals surface area contributed by atoms with Gasteiger partial charge in [0.1, 0.15) is 0 Å². The van der Waals surface area contributed by atoms with Crippen LogP contribution in [0.25, 0.3) is 0 Å². The highest BCUT2D eigenvalue weighted by Crippen LogP contribution is 2.19. The fourth-order valence-electron chi connectivity index (χ4n) is 1.41. The summed E-state index contributed by atoms with van der Waals surface area (Å²) in [7, 11) is 0. The van der Waals surface area contributed by atoms with Crippen molar-refractivity contribution in [2.45, 2.75) is 6.42 Å². The normalized spacial score (nSPS) is 18.6. The molecule has 0 N–H and O–H groups in total. The third kappa shape index (κ3) is 3.76. The van der Waals surface area contributed by atoms with Crippen molar-refractivity contribution >= 4 is 12.0 Å². The molecule has 0 fully saturated rings. The summed E-state index contributed by atoms with van der Waals surface area (Å²) in [4.78, 5) is 5.12.